The molecule has 1 aliphatic heterocycles. The van der Waals surface area contributed by atoms with Crippen LogP contribution < -0.4 is 10.6 Å². The van der Waals surface area contributed by atoms with Crippen molar-refractivity contribution in [3.8, 4) is 0 Å². The SMILES string of the molecule is Cc1ccc(C(=O)NC2CCCCNC2)o1. The number of aryl methyl sites for hydroxylation is 1. The number of amides is 1. The van der Waals surface area contributed by atoms with E-state index in [1.807, 2.05) is 6.92 Å². The Balaban J connectivity index is 1.90. The van der Waals surface area contributed by atoms with Crippen molar-refractivity contribution in [1.29, 1.82) is 0 Å². The lowest BCUT2D eigenvalue weighted by Crippen LogP contribution is -2.40. The van der Waals surface area contributed by atoms with Gasteiger partial charge in [-0.25, -0.2) is 0 Å². The quantitative estimate of drug-likeness (QED) is 0.796. The lowest BCUT2D eigenvalue weighted by molar-refractivity contribution is 0.0906. The van der Waals surface area contributed by atoms with E-state index >= 15 is 0 Å². The number of carbonyl (C=O) groups excluding carboxylic acids is 1. The summed E-state index contributed by atoms with van der Waals surface area (Å²) in [7, 11) is 0. The smallest absolute Gasteiger partial charge is 0.287 e. The summed E-state index contributed by atoms with van der Waals surface area (Å²) in [6.45, 7) is 3.74. The molecule has 0 bridgehead atoms. The summed E-state index contributed by atoms with van der Waals surface area (Å²) in [5.74, 6) is 1.06. The largest absolute Gasteiger partial charge is 0.456 e. The van der Waals surface area contributed by atoms with Crippen LogP contribution in [0.1, 0.15) is 35.6 Å². The van der Waals surface area contributed by atoms with Crippen molar-refractivity contribution in [2.45, 2.75) is 32.2 Å². The number of hydrogen-bond donors (Lipinski definition) is 2. The fourth-order valence-electron chi connectivity index (χ4n) is 1.96. The molecule has 0 aliphatic carbocycles. The Hall–Kier alpha value is -1.29. The molecule has 0 aromatic carbocycles. The van der Waals surface area contributed by atoms with E-state index in [1.54, 1.807) is 12.1 Å². The predicted octanol–water partition coefficient (Wildman–Crippen LogP) is 1.46. The number of nitrogens with one attached hydrogen (secondary N) is 2. The molecule has 0 radical (unpaired) electrons. The van der Waals surface area contributed by atoms with Gasteiger partial charge in [-0.15, -0.1) is 0 Å². The fraction of sp³-hybridized carbons (Fsp3) is 0.583. The highest BCUT2D eigenvalue weighted by atomic mass is 16.3. The van der Waals surface area contributed by atoms with Gasteiger partial charge in [-0.3, -0.25) is 4.79 Å². The Morgan fingerprint density at radius 3 is 3.12 bits per heavy atom. The minimum atomic E-state index is -0.109. The van der Waals surface area contributed by atoms with Crippen molar-refractivity contribution < 1.29 is 9.21 Å². The molecule has 2 heterocycles. The summed E-state index contributed by atoms with van der Waals surface area (Å²) >= 11 is 0. The molecule has 1 fully saturated rings. The third-order valence-corrected chi connectivity index (χ3v) is 2.85. The van der Waals surface area contributed by atoms with E-state index in [0.717, 1.165) is 31.7 Å². The lowest BCUT2D eigenvalue weighted by Gasteiger charge is -2.15. The summed E-state index contributed by atoms with van der Waals surface area (Å²) in [4.78, 5) is 11.8. The van der Waals surface area contributed by atoms with Gasteiger partial charge in [0.05, 0.1) is 0 Å². The number of rotatable bonds is 2. The first-order chi connectivity index (χ1) is 7.75. The van der Waals surface area contributed by atoms with Crippen molar-refractivity contribution in [2.24, 2.45) is 0 Å². The minimum absolute atomic E-state index is 0.109. The number of hydrogen-bond acceptors (Lipinski definition) is 3. The van der Waals surface area contributed by atoms with E-state index in [4.69, 9.17) is 4.42 Å². The Labute approximate surface area is 95.4 Å². The number of furan rings is 1. The first kappa shape index (κ1) is 11.2. The van der Waals surface area contributed by atoms with Crippen LogP contribution in [0.3, 0.4) is 0 Å². The van der Waals surface area contributed by atoms with Crippen LogP contribution in [0.15, 0.2) is 16.5 Å². The van der Waals surface area contributed by atoms with Gasteiger partial charge >= 0.3 is 0 Å². The van der Waals surface area contributed by atoms with E-state index < -0.39 is 0 Å². The van der Waals surface area contributed by atoms with E-state index in [9.17, 15) is 4.79 Å². The highest BCUT2D eigenvalue weighted by Crippen LogP contribution is 2.08. The molecule has 1 aromatic rings. The van der Waals surface area contributed by atoms with Crippen LogP contribution in [-0.2, 0) is 0 Å². The Morgan fingerprint density at radius 2 is 2.38 bits per heavy atom. The minimum Gasteiger partial charge on any atom is -0.456 e. The van der Waals surface area contributed by atoms with Gasteiger partial charge < -0.3 is 15.1 Å². The van der Waals surface area contributed by atoms with Gasteiger partial charge in [-0.1, -0.05) is 6.42 Å². The van der Waals surface area contributed by atoms with Crippen molar-refractivity contribution in [1.82, 2.24) is 10.6 Å². The molecular weight excluding hydrogens is 204 g/mol. The van der Waals surface area contributed by atoms with Gasteiger partial charge in [-0.05, 0) is 38.4 Å². The van der Waals surface area contributed by atoms with E-state index in [-0.39, 0.29) is 11.9 Å². The average Bonchev–Trinajstić information content (AvgIpc) is 2.54. The van der Waals surface area contributed by atoms with Crippen molar-refractivity contribution in [3.63, 3.8) is 0 Å². The third-order valence-electron chi connectivity index (χ3n) is 2.85. The molecule has 4 nitrogen and oxygen atoms in total. The molecule has 1 unspecified atom stereocenters. The molecular formula is C12H18N2O2. The normalized spacial score (nSPS) is 21.4. The van der Waals surface area contributed by atoms with Gasteiger partial charge in [-0.2, -0.15) is 0 Å². The Morgan fingerprint density at radius 1 is 1.50 bits per heavy atom. The molecule has 1 amide bonds. The molecule has 0 spiro atoms. The maximum atomic E-state index is 11.8. The highest BCUT2D eigenvalue weighted by Gasteiger charge is 2.17. The molecule has 1 saturated heterocycles. The monoisotopic (exact) mass is 222 g/mol. The molecule has 1 aromatic heterocycles. The molecule has 2 N–H and O–H groups in total. The van der Waals surface area contributed by atoms with Crippen molar-refractivity contribution >= 4 is 5.91 Å². The maximum Gasteiger partial charge on any atom is 0.287 e. The van der Waals surface area contributed by atoms with Gasteiger partial charge in [0.25, 0.3) is 5.91 Å². The first-order valence-electron chi connectivity index (χ1n) is 5.84. The average molecular weight is 222 g/mol. The highest BCUT2D eigenvalue weighted by molar-refractivity contribution is 5.91. The Bertz CT molecular complexity index is 352. The van der Waals surface area contributed by atoms with E-state index in [0.29, 0.717) is 5.76 Å². The molecule has 1 aliphatic rings. The molecule has 88 valence electrons. The van der Waals surface area contributed by atoms with Crippen LogP contribution in [0.25, 0.3) is 0 Å². The topological polar surface area (TPSA) is 54.3 Å². The standard InChI is InChI=1S/C12H18N2O2/c1-9-5-6-11(16-9)12(15)14-10-4-2-3-7-13-8-10/h5-6,10,13H,2-4,7-8H2,1H3,(H,14,15). The molecule has 0 saturated carbocycles. The zero-order valence-corrected chi connectivity index (χ0v) is 9.58. The summed E-state index contributed by atoms with van der Waals surface area (Å²) in [6.07, 6.45) is 3.39. The summed E-state index contributed by atoms with van der Waals surface area (Å²) in [5.41, 5.74) is 0. The summed E-state index contributed by atoms with van der Waals surface area (Å²) < 4.78 is 5.29. The maximum absolute atomic E-state index is 11.8. The second-order valence-electron chi connectivity index (χ2n) is 4.28. The van der Waals surface area contributed by atoms with Gasteiger partial charge in [0.15, 0.2) is 5.76 Å². The molecule has 16 heavy (non-hydrogen) atoms. The molecule has 1 atom stereocenters. The summed E-state index contributed by atoms with van der Waals surface area (Å²) in [5, 5.41) is 6.31. The van der Waals surface area contributed by atoms with Crippen molar-refractivity contribution in [2.75, 3.05) is 13.1 Å². The second kappa shape index (κ2) is 5.16. The molecule has 4 heteroatoms. The fourth-order valence-corrected chi connectivity index (χ4v) is 1.96. The van der Waals surface area contributed by atoms with Crippen LogP contribution in [-0.4, -0.2) is 25.0 Å². The van der Waals surface area contributed by atoms with Crippen LogP contribution in [0.2, 0.25) is 0 Å². The van der Waals surface area contributed by atoms with Crippen LogP contribution in [0.4, 0.5) is 0 Å². The zero-order valence-electron chi connectivity index (χ0n) is 9.58. The van der Waals surface area contributed by atoms with Gasteiger partial charge in [0, 0.05) is 12.6 Å². The third kappa shape index (κ3) is 2.85. The zero-order chi connectivity index (χ0) is 11.4. The lowest BCUT2D eigenvalue weighted by atomic mass is 10.1. The summed E-state index contributed by atoms with van der Waals surface area (Å²) in [6, 6.07) is 3.75. The van der Waals surface area contributed by atoms with Gasteiger partial charge in [0.1, 0.15) is 5.76 Å². The molecule has 2 rings (SSSR count). The Kier molecular flexibility index (Phi) is 3.62. The van der Waals surface area contributed by atoms with Crippen LogP contribution >= 0.6 is 0 Å². The van der Waals surface area contributed by atoms with Crippen molar-refractivity contribution in [3.05, 3.63) is 23.7 Å². The van der Waals surface area contributed by atoms with Gasteiger partial charge in [0.2, 0.25) is 0 Å². The number of carbonyl (C=O) groups is 1. The first-order valence-corrected chi connectivity index (χ1v) is 5.84. The predicted molar refractivity (Wildman–Crippen MR) is 61.4 cm³/mol. The van der Waals surface area contributed by atoms with Crippen LogP contribution in [0.5, 0.6) is 0 Å². The van der Waals surface area contributed by atoms with Crippen LogP contribution in [0, 0.1) is 6.92 Å². The van der Waals surface area contributed by atoms with E-state index in [2.05, 4.69) is 10.6 Å². The second-order valence-corrected chi connectivity index (χ2v) is 4.28. The van der Waals surface area contributed by atoms with E-state index in [1.165, 1.54) is 6.42 Å².